The third-order valence-corrected chi connectivity index (χ3v) is 4.14. The molecule has 1 aromatic heterocycles. The Labute approximate surface area is 142 Å². The number of methoxy groups -OCH3 is 3. The van der Waals surface area contributed by atoms with Crippen molar-refractivity contribution in [3.63, 3.8) is 0 Å². The molecule has 0 aliphatic heterocycles. The third-order valence-electron chi connectivity index (χ3n) is 3.43. The normalized spacial score (nSPS) is 10.5. The first-order chi connectivity index (χ1) is 11.7. The van der Waals surface area contributed by atoms with Gasteiger partial charge in [0.25, 0.3) is 5.91 Å². The minimum Gasteiger partial charge on any atom is -0.493 e. The second kappa shape index (κ2) is 6.71. The van der Waals surface area contributed by atoms with Crippen LogP contribution in [0.4, 0.5) is 5.69 Å². The summed E-state index contributed by atoms with van der Waals surface area (Å²) in [4.78, 5) is 12.5. The zero-order chi connectivity index (χ0) is 17.1. The van der Waals surface area contributed by atoms with Crippen molar-refractivity contribution in [3.8, 4) is 17.2 Å². The maximum atomic E-state index is 12.5. The lowest BCUT2D eigenvalue weighted by atomic mass is 10.2. The molecule has 1 heterocycles. The average molecular weight is 345 g/mol. The molecule has 0 bridgehead atoms. The van der Waals surface area contributed by atoms with Gasteiger partial charge in [0.2, 0.25) is 5.75 Å². The summed E-state index contributed by atoms with van der Waals surface area (Å²) < 4.78 is 20.6. The molecule has 3 aromatic rings. The number of amides is 1. The Hall–Kier alpha value is -2.87. The van der Waals surface area contributed by atoms with E-state index >= 15 is 0 Å². The van der Waals surface area contributed by atoms with Crippen molar-refractivity contribution in [1.29, 1.82) is 0 Å². The topological polar surface area (TPSA) is 82.6 Å². The third kappa shape index (κ3) is 2.95. The first kappa shape index (κ1) is 16.0. The molecule has 1 N–H and O–H groups in total. The lowest BCUT2D eigenvalue weighted by Gasteiger charge is -2.14. The van der Waals surface area contributed by atoms with E-state index in [-0.39, 0.29) is 5.91 Å². The first-order valence-corrected chi connectivity index (χ1v) is 7.77. The Morgan fingerprint density at radius 1 is 1.04 bits per heavy atom. The molecule has 0 aliphatic carbocycles. The standard InChI is InChI=1S/C16H15N3O4S/c1-21-12-7-10(8-13(22-2)15(12)23-3)17-16(20)9-4-5-14-11(6-9)18-19-24-14/h4-8H,1-3H3,(H,17,20). The molecular formula is C16H15N3O4S. The zero-order valence-corrected chi connectivity index (χ0v) is 14.1. The van der Waals surface area contributed by atoms with Gasteiger partial charge in [0.1, 0.15) is 5.52 Å². The average Bonchev–Trinajstić information content (AvgIpc) is 3.08. The number of nitrogens with one attached hydrogen (secondary N) is 1. The van der Waals surface area contributed by atoms with Crippen LogP contribution in [0.1, 0.15) is 10.4 Å². The SMILES string of the molecule is COc1cc(NC(=O)c2ccc3snnc3c2)cc(OC)c1OC. The van der Waals surface area contributed by atoms with E-state index in [1.54, 1.807) is 24.3 Å². The lowest BCUT2D eigenvalue weighted by molar-refractivity contribution is 0.102. The van der Waals surface area contributed by atoms with Gasteiger partial charge in [-0.15, -0.1) is 5.10 Å². The van der Waals surface area contributed by atoms with Crippen LogP contribution in [0, 0.1) is 0 Å². The highest BCUT2D eigenvalue weighted by Gasteiger charge is 2.15. The van der Waals surface area contributed by atoms with Gasteiger partial charge in [-0.1, -0.05) is 4.49 Å². The van der Waals surface area contributed by atoms with Gasteiger partial charge in [0, 0.05) is 23.4 Å². The van der Waals surface area contributed by atoms with Crippen molar-refractivity contribution < 1.29 is 19.0 Å². The van der Waals surface area contributed by atoms with Crippen LogP contribution < -0.4 is 19.5 Å². The summed E-state index contributed by atoms with van der Waals surface area (Å²) in [5.41, 5.74) is 1.72. The maximum absolute atomic E-state index is 12.5. The van der Waals surface area contributed by atoms with E-state index in [0.29, 0.717) is 34.0 Å². The van der Waals surface area contributed by atoms with E-state index in [1.165, 1.54) is 32.9 Å². The first-order valence-electron chi connectivity index (χ1n) is 6.99. The van der Waals surface area contributed by atoms with Gasteiger partial charge in [-0.25, -0.2) is 0 Å². The smallest absolute Gasteiger partial charge is 0.255 e. The molecule has 0 atom stereocenters. The number of aromatic nitrogens is 2. The van der Waals surface area contributed by atoms with Crippen LogP contribution in [0.2, 0.25) is 0 Å². The molecule has 0 saturated carbocycles. The molecule has 124 valence electrons. The summed E-state index contributed by atoms with van der Waals surface area (Å²) in [6.45, 7) is 0. The van der Waals surface area contributed by atoms with Gasteiger partial charge in [0.15, 0.2) is 11.5 Å². The maximum Gasteiger partial charge on any atom is 0.255 e. The quantitative estimate of drug-likeness (QED) is 0.765. The fraction of sp³-hybridized carbons (Fsp3) is 0.188. The Balaban J connectivity index is 1.90. The molecule has 2 aromatic carbocycles. The molecule has 0 radical (unpaired) electrons. The molecule has 0 spiro atoms. The summed E-state index contributed by atoms with van der Waals surface area (Å²) in [7, 11) is 4.56. The van der Waals surface area contributed by atoms with Crippen molar-refractivity contribution in [2.45, 2.75) is 0 Å². The highest BCUT2D eigenvalue weighted by atomic mass is 32.1. The fourth-order valence-corrected chi connectivity index (χ4v) is 2.82. The number of carbonyl (C=O) groups is 1. The fourth-order valence-electron chi connectivity index (χ4n) is 2.28. The summed E-state index contributed by atoms with van der Waals surface area (Å²) in [6, 6.07) is 8.59. The monoisotopic (exact) mass is 345 g/mol. The highest BCUT2D eigenvalue weighted by molar-refractivity contribution is 7.12. The molecule has 7 nitrogen and oxygen atoms in total. The zero-order valence-electron chi connectivity index (χ0n) is 13.3. The summed E-state index contributed by atoms with van der Waals surface area (Å²) in [6.07, 6.45) is 0. The Morgan fingerprint density at radius 3 is 2.38 bits per heavy atom. The number of rotatable bonds is 5. The van der Waals surface area contributed by atoms with Crippen molar-refractivity contribution in [2.24, 2.45) is 0 Å². The van der Waals surface area contributed by atoms with Crippen LogP contribution in [0.5, 0.6) is 17.2 Å². The Morgan fingerprint density at radius 2 is 1.75 bits per heavy atom. The van der Waals surface area contributed by atoms with Crippen LogP contribution in [0.15, 0.2) is 30.3 Å². The molecular weight excluding hydrogens is 330 g/mol. The molecule has 0 unspecified atom stereocenters. The number of hydrogen-bond donors (Lipinski definition) is 1. The molecule has 0 fully saturated rings. The van der Waals surface area contributed by atoms with Crippen LogP contribution in [0.25, 0.3) is 10.2 Å². The van der Waals surface area contributed by atoms with E-state index < -0.39 is 0 Å². The number of carbonyl (C=O) groups excluding carboxylic acids is 1. The number of fused-ring (bicyclic) bond motifs is 1. The second-order valence-corrected chi connectivity index (χ2v) is 5.61. The van der Waals surface area contributed by atoms with Gasteiger partial charge in [0.05, 0.1) is 26.0 Å². The molecule has 8 heteroatoms. The highest BCUT2D eigenvalue weighted by Crippen LogP contribution is 2.40. The summed E-state index contributed by atoms with van der Waals surface area (Å²) in [5.74, 6) is 1.13. The van der Waals surface area contributed by atoms with Crippen molar-refractivity contribution in [3.05, 3.63) is 35.9 Å². The largest absolute Gasteiger partial charge is 0.493 e. The number of hydrogen-bond acceptors (Lipinski definition) is 7. The van der Waals surface area contributed by atoms with Crippen LogP contribution in [-0.2, 0) is 0 Å². The van der Waals surface area contributed by atoms with Crippen molar-refractivity contribution in [2.75, 3.05) is 26.6 Å². The van der Waals surface area contributed by atoms with Gasteiger partial charge >= 0.3 is 0 Å². The number of nitrogens with zero attached hydrogens (tertiary/aromatic N) is 2. The van der Waals surface area contributed by atoms with Crippen LogP contribution >= 0.6 is 11.5 Å². The minimum atomic E-state index is -0.265. The number of anilines is 1. The summed E-state index contributed by atoms with van der Waals surface area (Å²) in [5, 5.41) is 6.79. The molecule has 24 heavy (non-hydrogen) atoms. The molecule has 1 amide bonds. The predicted molar refractivity (Wildman–Crippen MR) is 91.5 cm³/mol. The van der Waals surface area contributed by atoms with E-state index in [0.717, 1.165) is 4.70 Å². The van der Waals surface area contributed by atoms with Gasteiger partial charge in [-0.3, -0.25) is 4.79 Å². The predicted octanol–water partition coefficient (Wildman–Crippen LogP) is 2.97. The van der Waals surface area contributed by atoms with Gasteiger partial charge in [-0.05, 0) is 29.7 Å². The van der Waals surface area contributed by atoms with Crippen LogP contribution in [-0.4, -0.2) is 36.8 Å². The van der Waals surface area contributed by atoms with E-state index in [2.05, 4.69) is 14.9 Å². The van der Waals surface area contributed by atoms with E-state index in [9.17, 15) is 4.79 Å². The Bertz CT molecular complexity index is 869. The van der Waals surface area contributed by atoms with Crippen LogP contribution in [0.3, 0.4) is 0 Å². The van der Waals surface area contributed by atoms with Crippen molar-refractivity contribution >= 4 is 33.3 Å². The molecule has 0 saturated heterocycles. The molecule has 3 rings (SSSR count). The minimum absolute atomic E-state index is 0.265. The van der Waals surface area contributed by atoms with Crippen molar-refractivity contribution in [1.82, 2.24) is 9.59 Å². The Kier molecular flexibility index (Phi) is 4.48. The van der Waals surface area contributed by atoms with Gasteiger partial charge in [-0.2, -0.15) is 0 Å². The van der Waals surface area contributed by atoms with Gasteiger partial charge < -0.3 is 19.5 Å². The van der Waals surface area contributed by atoms with E-state index in [4.69, 9.17) is 14.2 Å². The number of benzene rings is 2. The lowest BCUT2D eigenvalue weighted by Crippen LogP contribution is -2.12. The second-order valence-electron chi connectivity index (χ2n) is 4.82. The van der Waals surface area contributed by atoms with E-state index in [1.807, 2.05) is 6.07 Å². The number of ether oxygens (including phenoxy) is 3. The summed E-state index contributed by atoms with van der Waals surface area (Å²) >= 11 is 1.29. The molecule has 0 aliphatic rings.